The van der Waals surface area contributed by atoms with E-state index in [2.05, 4.69) is 41.7 Å². The Hall–Kier alpha value is -0.380. The van der Waals surface area contributed by atoms with Crippen LogP contribution in [-0.4, -0.2) is 31.1 Å². The molecular formula is C13H22N2S. The minimum absolute atomic E-state index is 0.563. The molecule has 1 aliphatic heterocycles. The average Bonchev–Trinajstić information content (AvgIpc) is 2.82. The molecule has 0 aromatic carbocycles. The number of rotatable bonds is 4. The fourth-order valence-electron chi connectivity index (χ4n) is 2.35. The summed E-state index contributed by atoms with van der Waals surface area (Å²) in [5.74, 6) is 0. The SMILES string of the molecule is CCC(NC1CCN(C)CC1)c1cccs1. The molecule has 1 aromatic rings. The van der Waals surface area contributed by atoms with E-state index in [0.717, 1.165) is 0 Å². The fourth-order valence-corrected chi connectivity index (χ4v) is 3.22. The van der Waals surface area contributed by atoms with E-state index in [1.807, 2.05) is 11.3 Å². The van der Waals surface area contributed by atoms with Crippen LogP contribution in [0.15, 0.2) is 17.5 Å². The van der Waals surface area contributed by atoms with Gasteiger partial charge < -0.3 is 10.2 Å². The number of thiophene rings is 1. The number of nitrogens with zero attached hydrogens (tertiary/aromatic N) is 1. The van der Waals surface area contributed by atoms with E-state index in [9.17, 15) is 0 Å². The van der Waals surface area contributed by atoms with Crippen LogP contribution in [0.4, 0.5) is 0 Å². The first-order valence-corrected chi connectivity index (χ1v) is 7.15. The highest BCUT2D eigenvalue weighted by Gasteiger charge is 2.20. The summed E-state index contributed by atoms with van der Waals surface area (Å²) in [5, 5.41) is 5.99. The summed E-state index contributed by atoms with van der Waals surface area (Å²) in [6.45, 7) is 4.74. The molecule has 2 nitrogen and oxygen atoms in total. The van der Waals surface area contributed by atoms with Crippen molar-refractivity contribution < 1.29 is 0 Å². The second-order valence-electron chi connectivity index (χ2n) is 4.72. The Morgan fingerprint density at radius 1 is 1.50 bits per heavy atom. The van der Waals surface area contributed by atoms with Crippen LogP contribution in [0.25, 0.3) is 0 Å². The summed E-state index contributed by atoms with van der Waals surface area (Å²) < 4.78 is 0. The Balaban J connectivity index is 1.87. The summed E-state index contributed by atoms with van der Waals surface area (Å²) >= 11 is 1.87. The van der Waals surface area contributed by atoms with Gasteiger partial charge in [0, 0.05) is 17.0 Å². The summed E-state index contributed by atoms with van der Waals surface area (Å²) in [5.41, 5.74) is 0. The molecule has 0 saturated carbocycles. The zero-order valence-electron chi connectivity index (χ0n) is 10.3. The highest BCUT2D eigenvalue weighted by molar-refractivity contribution is 7.10. The van der Waals surface area contributed by atoms with Gasteiger partial charge in [-0.2, -0.15) is 0 Å². The lowest BCUT2D eigenvalue weighted by Gasteiger charge is -2.32. The van der Waals surface area contributed by atoms with Crippen LogP contribution >= 0.6 is 11.3 Å². The molecular weight excluding hydrogens is 216 g/mol. The standard InChI is InChI=1S/C13H22N2S/c1-3-12(13-5-4-10-16-13)14-11-6-8-15(2)9-7-11/h4-5,10-12,14H,3,6-9H2,1-2H3. The minimum Gasteiger partial charge on any atom is -0.306 e. The van der Waals surface area contributed by atoms with E-state index >= 15 is 0 Å². The number of hydrogen-bond donors (Lipinski definition) is 1. The largest absolute Gasteiger partial charge is 0.306 e. The van der Waals surface area contributed by atoms with Crippen LogP contribution in [-0.2, 0) is 0 Å². The van der Waals surface area contributed by atoms with Crippen molar-refractivity contribution >= 4 is 11.3 Å². The van der Waals surface area contributed by atoms with Crippen molar-refractivity contribution in [3.63, 3.8) is 0 Å². The van der Waals surface area contributed by atoms with E-state index in [1.165, 1.54) is 37.2 Å². The normalized spacial score (nSPS) is 21.1. The van der Waals surface area contributed by atoms with Crippen molar-refractivity contribution in [3.8, 4) is 0 Å². The maximum Gasteiger partial charge on any atom is 0.0414 e. The summed E-state index contributed by atoms with van der Waals surface area (Å²) in [4.78, 5) is 3.91. The molecule has 2 heterocycles. The van der Waals surface area contributed by atoms with E-state index in [1.54, 1.807) is 0 Å². The van der Waals surface area contributed by atoms with Crippen LogP contribution in [0.1, 0.15) is 37.1 Å². The van der Waals surface area contributed by atoms with Crippen molar-refractivity contribution in [1.82, 2.24) is 10.2 Å². The van der Waals surface area contributed by atoms with Gasteiger partial charge >= 0.3 is 0 Å². The zero-order chi connectivity index (χ0) is 11.4. The van der Waals surface area contributed by atoms with Gasteiger partial charge in [0.05, 0.1) is 0 Å². The van der Waals surface area contributed by atoms with Gasteiger partial charge in [-0.1, -0.05) is 13.0 Å². The Kier molecular flexibility index (Phi) is 4.38. The Bertz CT molecular complexity index is 289. The molecule has 0 aliphatic carbocycles. The minimum atomic E-state index is 0.563. The highest BCUT2D eigenvalue weighted by atomic mass is 32.1. The van der Waals surface area contributed by atoms with Gasteiger partial charge in [-0.15, -0.1) is 11.3 Å². The second-order valence-corrected chi connectivity index (χ2v) is 5.70. The van der Waals surface area contributed by atoms with Gasteiger partial charge in [0.2, 0.25) is 0 Å². The lowest BCUT2D eigenvalue weighted by Crippen LogP contribution is -2.42. The molecule has 90 valence electrons. The average molecular weight is 238 g/mol. The van der Waals surface area contributed by atoms with Crippen molar-refractivity contribution in [1.29, 1.82) is 0 Å². The number of hydrogen-bond acceptors (Lipinski definition) is 3. The monoisotopic (exact) mass is 238 g/mol. The summed E-state index contributed by atoms with van der Waals surface area (Å²) in [7, 11) is 2.22. The maximum atomic E-state index is 3.81. The molecule has 16 heavy (non-hydrogen) atoms. The third-order valence-corrected chi connectivity index (χ3v) is 4.44. The van der Waals surface area contributed by atoms with Crippen LogP contribution in [0.2, 0.25) is 0 Å². The Morgan fingerprint density at radius 3 is 2.81 bits per heavy atom. The van der Waals surface area contributed by atoms with Gasteiger partial charge in [0.15, 0.2) is 0 Å². The molecule has 1 fully saturated rings. The predicted octanol–water partition coefficient (Wildman–Crippen LogP) is 2.88. The molecule has 0 radical (unpaired) electrons. The molecule has 0 spiro atoms. The molecule has 1 atom stereocenters. The third-order valence-electron chi connectivity index (χ3n) is 3.45. The second kappa shape index (κ2) is 5.80. The van der Waals surface area contributed by atoms with Gasteiger partial charge in [-0.3, -0.25) is 0 Å². The molecule has 0 amide bonds. The van der Waals surface area contributed by atoms with Crippen LogP contribution in [0, 0.1) is 0 Å². The van der Waals surface area contributed by atoms with Crippen molar-refractivity contribution in [2.45, 2.75) is 38.3 Å². The topological polar surface area (TPSA) is 15.3 Å². The first-order chi connectivity index (χ1) is 7.79. The summed E-state index contributed by atoms with van der Waals surface area (Å²) in [6, 6.07) is 5.68. The van der Waals surface area contributed by atoms with Crippen LogP contribution in [0.5, 0.6) is 0 Å². The zero-order valence-corrected chi connectivity index (χ0v) is 11.1. The maximum absolute atomic E-state index is 3.81. The van der Waals surface area contributed by atoms with Gasteiger partial charge in [-0.05, 0) is 50.8 Å². The Labute approximate surface area is 103 Å². The lowest BCUT2D eigenvalue weighted by atomic mass is 10.0. The quantitative estimate of drug-likeness (QED) is 0.867. The molecule has 1 unspecified atom stereocenters. The highest BCUT2D eigenvalue weighted by Crippen LogP contribution is 2.23. The smallest absolute Gasteiger partial charge is 0.0414 e. The molecule has 1 aromatic heterocycles. The third kappa shape index (κ3) is 3.06. The van der Waals surface area contributed by atoms with Crippen molar-refractivity contribution in [2.24, 2.45) is 0 Å². The predicted molar refractivity (Wildman–Crippen MR) is 71.0 cm³/mol. The molecule has 2 rings (SSSR count). The van der Waals surface area contributed by atoms with Gasteiger partial charge in [0.1, 0.15) is 0 Å². The van der Waals surface area contributed by atoms with E-state index in [4.69, 9.17) is 0 Å². The van der Waals surface area contributed by atoms with Gasteiger partial charge in [0.25, 0.3) is 0 Å². The molecule has 1 saturated heterocycles. The van der Waals surface area contributed by atoms with Crippen molar-refractivity contribution in [3.05, 3.63) is 22.4 Å². The molecule has 1 aliphatic rings. The lowest BCUT2D eigenvalue weighted by molar-refractivity contribution is 0.224. The fraction of sp³-hybridized carbons (Fsp3) is 0.692. The summed E-state index contributed by atoms with van der Waals surface area (Å²) in [6.07, 6.45) is 3.77. The molecule has 0 bridgehead atoms. The Morgan fingerprint density at radius 2 is 2.25 bits per heavy atom. The van der Waals surface area contributed by atoms with E-state index < -0.39 is 0 Å². The number of piperidine rings is 1. The molecule has 3 heteroatoms. The molecule has 1 N–H and O–H groups in total. The van der Waals surface area contributed by atoms with Gasteiger partial charge in [-0.25, -0.2) is 0 Å². The van der Waals surface area contributed by atoms with Crippen LogP contribution < -0.4 is 5.32 Å². The van der Waals surface area contributed by atoms with Crippen LogP contribution in [0.3, 0.4) is 0 Å². The first-order valence-electron chi connectivity index (χ1n) is 6.27. The first kappa shape index (κ1) is 12.1. The van der Waals surface area contributed by atoms with Crippen molar-refractivity contribution in [2.75, 3.05) is 20.1 Å². The van der Waals surface area contributed by atoms with E-state index in [0.29, 0.717) is 12.1 Å². The number of nitrogens with one attached hydrogen (secondary N) is 1. The number of likely N-dealkylation sites (tertiary alicyclic amines) is 1. The van der Waals surface area contributed by atoms with E-state index in [-0.39, 0.29) is 0 Å².